The minimum Gasteiger partial charge on any atom is -0.496 e. The summed E-state index contributed by atoms with van der Waals surface area (Å²) >= 11 is 3.08. The van der Waals surface area contributed by atoms with Crippen LogP contribution in [-0.4, -0.2) is 36.4 Å². The van der Waals surface area contributed by atoms with Gasteiger partial charge in [0.15, 0.2) is 5.78 Å². The molecule has 0 atom stereocenters. The van der Waals surface area contributed by atoms with Gasteiger partial charge in [0.05, 0.1) is 26.0 Å². The highest BCUT2D eigenvalue weighted by molar-refractivity contribution is 9.09. The zero-order valence-electron chi connectivity index (χ0n) is 10.0. The van der Waals surface area contributed by atoms with E-state index in [0.717, 1.165) is 0 Å². The highest BCUT2D eigenvalue weighted by atomic mass is 79.9. The van der Waals surface area contributed by atoms with E-state index in [0.29, 0.717) is 22.6 Å². The summed E-state index contributed by atoms with van der Waals surface area (Å²) in [6, 6.07) is 3.04. The number of carbonyl (C=O) groups excluding carboxylic acids is 1. The monoisotopic (exact) mass is 316 g/mol. The molecule has 1 N–H and O–H groups in total. The predicted octanol–water partition coefficient (Wildman–Crippen LogP) is 1.91. The van der Waals surface area contributed by atoms with Gasteiger partial charge < -0.3 is 14.6 Å². The van der Waals surface area contributed by atoms with Gasteiger partial charge in [-0.3, -0.25) is 9.59 Å². The van der Waals surface area contributed by atoms with E-state index in [1.807, 2.05) is 0 Å². The molecule has 0 amide bonds. The molecule has 6 heteroatoms. The number of aliphatic carboxylic acids is 1. The lowest BCUT2D eigenvalue weighted by atomic mass is 10.0. The lowest BCUT2D eigenvalue weighted by Crippen LogP contribution is -2.08. The fourth-order valence-corrected chi connectivity index (χ4v) is 1.87. The molecule has 0 radical (unpaired) electrons. The molecule has 1 aromatic carbocycles. The maximum Gasteiger partial charge on any atom is 0.308 e. The van der Waals surface area contributed by atoms with Gasteiger partial charge in [-0.25, -0.2) is 0 Å². The number of ether oxygens (including phenoxy) is 2. The Labute approximate surface area is 113 Å². The number of carbonyl (C=O) groups is 2. The first kappa shape index (κ1) is 14.5. The molecule has 1 aromatic rings. The molecule has 0 spiro atoms. The molecule has 98 valence electrons. The molecular weight excluding hydrogens is 304 g/mol. The molecule has 0 saturated carbocycles. The Morgan fingerprint density at radius 2 is 1.72 bits per heavy atom. The first-order valence-electron chi connectivity index (χ1n) is 5.09. The van der Waals surface area contributed by atoms with Crippen molar-refractivity contribution in [3.8, 4) is 11.5 Å². The van der Waals surface area contributed by atoms with Crippen LogP contribution in [0.5, 0.6) is 11.5 Å². The quantitative estimate of drug-likeness (QED) is 0.641. The number of methoxy groups -OCH3 is 2. The smallest absolute Gasteiger partial charge is 0.308 e. The Morgan fingerprint density at radius 1 is 1.22 bits per heavy atom. The van der Waals surface area contributed by atoms with E-state index in [4.69, 9.17) is 14.6 Å². The standard InChI is InChI=1S/C12H13BrO5/c1-17-10-3-7(9(14)6-13)4-11(18-2)8(10)5-12(15)16/h3-4H,5-6H2,1-2H3,(H,15,16). The average molecular weight is 317 g/mol. The molecule has 0 unspecified atom stereocenters. The topological polar surface area (TPSA) is 72.8 Å². The van der Waals surface area contributed by atoms with Crippen LogP contribution < -0.4 is 9.47 Å². The summed E-state index contributed by atoms with van der Waals surface area (Å²) in [5.41, 5.74) is 0.827. The van der Waals surface area contributed by atoms with Crippen molar-refractivity contribution in [3.05, 3.63) is 23.3 Å². The van der Waals surface area contributed by atoms with Crippen molar-refractivity contribution in [3.63, 3.8) is 0 Å². The van der Waals surface area contributed by atoms with Crippen molar-refractivity contribution in [2.24, 2.45) is 0 Å². The van der Waals surface area contributed by atoms with Crippen LogP contribution in [0.2, 0.25) is 0 Å². The van der Waals surface area contributed by atoms with E-state index in [2.05, 4.69) is 15.9 Å². The normalized spacial score (nSPS) is 9.94. The second-order valence-electron chi connectivity index (χ2n) is 3.49. The summed E-state index contributed by atoms with van der Waals surface area (Å²) in [7, 11) is 2.84. The number of halogens is 1. The van der Waals surface area contributed by atoms with Gasteiger partial charge in [-0.1, -0.05) is 15.9 Å². The van der Waals surface area contributed by atoms with Crippen molar-refractivity contribution < 1.29 is 24.2 Å². The predicted molar refractivity (Wildman–Crippen MR) is 69.0 cm³/mol. The second-order valence-corrected chi connectivity index (χ2v) is 4.05. The van der Waals surface area contributed by atoms with Gasteiger partial charge in [0.25, 0.3) is 0 Å². The minimum atomic E-state index is -0.994. The van der Waals surface area contributed by atoms with Crippen LogP contribution in [0.3, 0.4) is 0 Å². The van der Waals surface area contributed by atoms with Crippen LogP contribution in [0.4, 0.5) is 0 Å². The van der Waals surface area contributed by atoms with Crippen LogP contribution in [0.15, 0.2) is 12.1 Å². The average Bonchev–Trinajstić information content (AvgIpc) is 2.37. The van der Waals surface area contributed by atoms with E-state index in [9.17, 15) is 9.59 Å². The zero-order valence-corrected chi connectivity index (χ0v) is 11.6. The summed E-state index contributed by atoms with van der Waals surface area (Å²) in [5, 5.41) is 9.02. The number of hydrogen-bond acceptors (Lipinski definition) is 4. The van der Waals surface area contributed by atoms with E-state index in [-0.39, 0.29) is 17.5 Å². The third kappa shape index (κ3) is 3.22. The zero-order chi connectivity index (χ0) is 13.7. The molecule has 0 aliphatic carbocycles. The molecule has 5 nitrogen and oxygen atoms in total. The van der Waals surface area contributed by atoms with Crippen LogP contribution in [-0.2, 0) is 11.2 Å². The molecule has 0 heterocycles. The molecule has 0 aliphatic rings. The Kier molecular flexibility index (Phi) is 5.15. The number of ketones is 1. The maximum absolute atomic E-state index is 11.6. The largest absolute Gasteiger partial charge is 0.496 e. The van der Waals surface area contributed by atoms with Crippen molar-refractivity contribution in [1.29, 1.82) is 0 Å². The Hall–Kier alpha value is -1.56. The lowest BCUT2D eigenvalue weighted by molar-refractivity contribution is -0.136. The first-order valence-corrected chi connectivity index (χ1v) is 6.21. The Balaban J connectivity index is 3.33. The Morgan fingerprint density at radius 3 is 2.06 bits per heavy atom. The number of benzene rings is 1. The van der Waals surface area contributed by atoms with Gasteiger partial charge >= 0.3 is 5.97 Å². The van der Waals surface area contributed by atoms with E-state index in [1.165, 1.54) is 26.4 Å². The Bertz CT molecular complexity index is 445. The van der Waals surface area contributed by atoms with Gasteiger partial charge in [-0.15, -0.1) is 0 Å². The van der Waals surface area contributed by atoms with Gasteiger partial charge in [0.1, 0.15) is 11.5 Å². The summed E-state index contributed by atoms with van der Waals surface area (Å²) in [5.74, 6) is -0.457. The molecule has 0 saturated heterocycles. The van der Waals surface area contributed by atoms with Gasteiger partial charge in [-0.05, 0) is 12.1 Å². The molecular formula is C12H13BrO5. The summed E-state index contributed by atoms with van der Waals surface area (Å²) < 4.78 is 10.2. The van der Waals surface area contributed by atoms with Crippen LogP contribution in [0.1, 0.15) is 15.9 Å². The molecule has 0 aromatic heterocycles. The number of alkyl halides is 1. The summed E-state index contributed by atoms with van der Waals surface area (Å²) in [6.07, 6.45) is -0.227. The first-order chi connectivity index (χ1) is 8.53. The van der Waals surface area contributed by atoms with Crippen LogP contribution in [0, 0.1) is 0 Å². The van der Waals surface area contributed by atoms with Crippen molar-refractivity contribution in [1.82, 2.24) is 0 Å². The number of carboxylic acid groups (broad SMARTS) is 1. The molecule has 0 aliphatic heterocycles. The van der Waals surface area contributed by atoms with Crippen molar-refractivity contribution >= 4 is 27.7 Å². The van der Waals surface area contributed by atoms with Crippen molar-refractivity contribution in [2.45, 2.75) is 6.42 Å². The molecule has 0 bridgehead atoms. The molecule has 1 rings (SSSR count). The summed E-state index contributed by atoms with van der Waals surface area (Å²) in [6.45, 7) is 0. The minimum absolute atomic E-state index is 0.131. The van der Waals surface area contributed by atoms with Crippen LogP contribution in [0.25, 0.3) is 0 Å². The number of carboxylic acids is 1. The summed E-state index contributed by atoms with van der Waals surface area (Å²) in [4.78, 5) is 22.4. The highest BCUT2D eigenvalue weighted by Crippen LogP contribution is 2.31. The van der Waals surface area contributed by atoms with E-state index in [1.54, 1.807) is 0 Å². The third-order valence-corrected chi connectivity index (χ3v) is 2.89. The second kappa shape index (κ2) is 6.39. The fourth-order valence-electron chi connectivity index (χ4n) is 1.55. The van der Waals surface area contributed by atoms with Crippen molar-refractivity contribution in [2.75, 3.05) is 19.5 Å². The third-order valence-electron chi connectivity index (χ3n) is 2.38. The number of hydrogen-bond donors (Lipinski definition) is 1. The van der Waals surface area contributed by atoms with E-state index < -0.39 is 5.97 Å². The molecule has 0 fully saturated rings. The molecule has 18 heavy (non-hydrogen) atoms. The fraction of sp³-hybridized carbons (Fsp3) is 0.333. The number of rotatable bonds is 6. The van der Waals surface area contributed by atoms with Crippen LogP contribution >= 0.6 is 15.9 Å². The van der Waals surface area contributed by atoms with Gasteiger partial charge in [0.2, 0.25) is 0 Å². The van der Waals surface area contributed by atoms with Gasteiger partial charge in [0, 0.05) is 11.1 Å². The number of Topliss-reactive ketones (excluding diaryl/α,β-unsaturated/α-hetero) is 1. The van der Waals surface area contributed by atoms with Gasteiger partial charge in [-0.2, -0.15) is 0 Å². The van der Waals surface area contributed by atoms with E-state index >= 15 is 0 Å². The highest BCUT2D eigenvalue weighted by Gasteiger charge is 2.17. The maximum atomic E-state index is 11.6. The lowest BCUT2D eigenvalue weighted by Gasteiger charge is -2.13. The SMILES string of the molecule is COc1cc(C(=O)CBr)cc(OC)c1CC(=O)O.